The Balaban J connectivity index is 1.69. The zero-order chi connectivity index (χ0) is 23.7. The summed E-state index contributed by atoms with van der Waals surface area (Å²) in [5, 5.41) is 7.74. The van der Waals surface area contributed by atoms with Crippen molar-refractivity contribution in [1.82, 2.24) is 19.7 Å². The molecule has 0 aliphatic rings. The van der Waals surface area contributed by atoms with Crippen LogP contribution >= 0.6 is 0 Å². The molecule has 2 aromatic heterocycles. The van der Waals surface area contributed by atoms with Crippen molar-refractivity contribution in [3.05, 3.63) is 83.2 Å². The lowest BCUT2D eigenvalue weighted by Crippen LogP contribution is -2.28. The zero-order valence-electron chi connectivity index (χ0n) is 17.7. The molecule has 0 bridgehead atoms. The van der Waals surface area contributed by atoms with E-state index in [2.05, 4.69) is 10.2 Å². The molecule has 4 aromatic rings. The van der Waals surface area contributed by atoms with Gasteiger partial charge in [-0.1, -0.05) is 18.7 Å². The predicted molar refractivity (Wildman–Crippen MR) is 111 cm³/mol. The Morgan fingerprint density at radius 3 is 1.88 bits per heavy atom. The minimum Gasteiger partial charge on any atom is -0.297 e. The van der Waals surface area contributed by atoms with E-state index in [4.69, 9.17) is 4.84 Å². The summed E-state index contributed by atoms with van der Waals surface area (Å²) >= 11 is 0. The first kappa shape index (κ1) is 22.3. The molecule has 0 amide bonds. The molecule has 0 saturated carbocycles. The number of aromatic nitrogens is 4. The summed E-state index contributed by atoms with van der Waals surface area (Å²) in [4.78, 5) is 18.8. The molecule has 0 radical (unpaired) electrons. The Morgan fingerprint density at radius 1 is 0.788 bits per heavy atom. The molecule has 4 rings (SSSR count). The van der Waals surface area contributed by atoms with Gasteiger partial charge in [-0.3, -0.25) is 4.84 Å². The Kier molecular flexibility index (Phi) is 5.99. The summed E-state index contributed by atoms with van der Waals surface area (Å²) in [6.45, 7) is 3.22. The second kappa shape index (κ2) is 8.89. The van der Waals surface area contributed by atoms with E-state index in [0.29, 0.717) is 0 Å². The summed E-state index contributed by atoms with van der Waals surface area (Å²) < 4.78 is 58.2. The molecular weight excluding hydrogens is 440 g/mol. The largest absolute Gasteiger partial charge is 0.461 e. The van der Waals surface area contributed by atoms with Gasteiger partial charge in [-0.2, -0.15) is 9.78 Å². The molecular formula is C23H18F4N4O2. The molecule has 0 atom stereocenters. The normalized spacial score (nSPS) is 11.1. The molecule has 33 heavy (non-hydrogen) atoms. The standard InChI is InChI=1S/C23H18F4N4O2/c1-3-13-17(24)7-5-15(21(13)26)19-9-11-28-30(19)23(32)33-31-20(10-12-29-31)16-6-8-18(25)14(4-2)22(16)27/h5-12H,3-4H2,1-2H3. The number of halogens is 4. The minimum atomic E-state index is -1.07. The van der Waals surface area contributed by atoms with E-state index >= 15 is 0 Å². The number of benzene rings is 2. The summed E-state index contributed by atoms with van der Waals surface area (Å²) in [5.41, 5.74) is -0.203. The smallest absolute Gasteiger partial charge is 0.297 e. The number of hydrogen-bond donors (Lipinski definition) is 0. The van der Waals surface area contributed by atoms with Gasteiger partial charge >= 0.3 is 6.09 Å². The van der Waals surface area contributed by atoms with Crippen molar-refractivity contribution in [2.24, 2.45) is 0 Å². The Bertz CT molecular complexity index is 1350. The number of hydrogen-bond acceptors (Lipinski definition) is 4. The highest BCUT2D eigenvalue weighted by atomic mass is 19.1. The molecule has 10 heteroatoms. The van der Waals surface area contributed by atoms with Crippen LogP contribution in [0.2, 0.25) is 0 Å². The highest BCUT2D eigenvalue weighted by Crippen LogP contribution is 2.28. The van der Waals surface area contributed by atoms with Gasteiger partial charge in [-0.25, -0.2) is 22.4 Å². The van der Waals surface area contributed by atoms with Crippen LogP contribution in [0.1, 0.15) is 25.0 Å². The summed E-state index contributed by atoms with van der Waals surface area (Å²) in [6.07, 6.45) is 1.69. The van der Waals surface area contributed by atoms with Crippen LogP contribution in [0, 0.1) is 23.3 Å². The second-order valence-corrected chi connectivity index (χ2v) is 7.06. The molecule has 0 saturated heterocycles. The lowest BCUT2D eigenvalue weighted by molar-refractivity contribution is 0.117. The number of rotatable bonds is 5. The molecule has 170 valence electrons. The summed E-state index contributed by atoms with van der Waals surface area (Å²) in [7, 11) is 0. The van der Waals surface area contributed by atoms with E-state index < -0.39 is 29.4 Å². The Labute approximate surface area is 186 Å². The van der Waals surface area contributed by atoms with E-state index in [1.807, 2.05) is 0 Å². The van der Waals surface area contributed by atoms with Crippen LogP contribution in [-0.4, -0.2) is 25.8 Å². The van der Waals surface area contributed by atoms with E-state index in [-0.39, 0.29) is 46.5 Å². The average molecular weight is 458 g/mol. The van der Waals surface area contributed by atoms with E-state index in [1.54, 1.807) is 13.8 Å². The predicted octanol–water partition coefficient (Wildman–Crippen LogP) is 5.19. The van der Waals surface area contributed by atoms with Gasteiger partial charge in [0.25, 0.3) is 0 Å². The molecule has 6 nitrogen and oxygen atoms in total. The van der Waals surface area contributed by atoms with Crippen LogP contribution in [0.3, 0.4) is 0 Å². The van der Waals surface area contributed by atoms with Crippen molar-refractivity contribution in [1.29, 1.82) is 0 Å². The van der Waals surface area contributed by atoms with Crippen molar-refractivity contribution in [2.75, 3.05) is 0 Å². The van der Waals surface area contributed by atoms with Gasteiger partial charge in [0, 0.05) is 22.3 Å². The van der Waals surface area contributed by atoms with E-state index in [1.165, 1.54) is 36.7 Å². The van der Waals surface area contributed by atoms with Crippen molar-refractivity contribution >= 4 is 6.09 Å². The maximum Gasteiger partial charge on any atom is 0.461 e. The fraction of sp³-hybridized carbons (Fsp3) is 0.174. The maximum atomic E-state index is 14.8. The summed E-state index contributed by atoms with van der Waals surface area (Å²) in [6, 6.07) is 7.39. The van der Waals surface area contributed by atoms with Gasteiger partial charge in [0.15, 0.2) is 0 Å². The van der Waals surface area contributed by atoms with Crippen LogP contribution < -0.4 is 4.84 Å². The monoisotopic (exact) mass is 458 g/mol. The molecule has 0 N–H and O–H groups in total. The third-order valence-corrected chi connectivity index (χ3v) is 5.22. The second-order valence-electron chi connectivity index (χ2n) is 7.06. The van der Waals surface area contributed by atoms with Crippen molar-refractivity contribution in [2.45, 2.75) is 26.7 Å². The fourth-order valence-corrected chi connectivity index (χ4v) is 3.56. The van der Waals surface area contributed by atoms with Crippen molar-refractivity contribution in [3.8, 4) is 22.5 Å². The number of carbonyl (C=O) groups is 1. The van der Waals surface area contributed by atoms with Crippen LogP contribution in [0.4, 0.5) is 22.4 Å². The maximum absolute atomic E-state index is 14.8. The Hall–Kier alpha value is -3.95. The molecule has 0 unspecified atom stereocenters. The Morgan fingerprint density at radius 2 is 1.30 bits per heavy atom. The molecule has 2 heterocycles. The first-order chi connectivity index (χ1) is 15.9. The quantitative estimate of drug-likeness (QED) is 0.386. The average Bonchev–Trinajstić information content (AvgIpc) is 3.44. The minimum absolute atomic E-state index is 0.0172. The molecule has 2 aromatic carbocycles. The highest BCUT2D eigenvalue weighted by Gasteiger charge is 2.23. The molecule has 0 aliphatic heterocycles. The van der Waals surface area contributed by atoms with Crippen LogP contribution in [0.25, 0.3) is 22.5 Å². The van der Waals surface area contributed by atoms with Crippen molar-refractivity contribution < 1.29 is 27.2 Å². The van der Waals surface area contributed by atoms with Gasteiger partial charge in [0.05, 0.1) is 18.1 Å². The van der Waals surface area contributed by atoms with E-state index in [9.17, 15) is 22.4 Å². The molecule has 0 aliphatic carbocycles. The summed E-state index contributed by atoms with van der Waals surface area (Å²) in [5.74, 6) is -2.99. The molecule has 0 spiro atoms. The lowest BCUT2D eigenvalue weighted by atomic mass is 10.0. The highest BCUT2D eigenvalue weighted by molar-refractivity contribution is 5.78. The third kappa shape index (κ3) is 3.88. The topological polar surface area (TPSA) is 61.9 Å². The van der Waals surface area contributed by atoms with Gasteiger partial charge in [-0.15, -0.1) is 5.10 Å². The lowest BCUT2D eigenvalue weighted by Gasteiger charge is -2.12. The SMILES string of the molecule is CCc1c(F)ccc(-c2ccnn2OC(=O)n2nccc2-c2ccc(F)c(CC)c2F)c1F. The van der Waals surface area contributed by atoms with Gasteiger partial charge in [-0.05, 0) is 49.2 Å². The van der Waals surface area contributed by atoms with Crippen LogP contribution in [0.15, 0.2) is 48.8 Å². The van der Waals surface area contributed by atoms with Gasteiger partial charge < -0.3 is 0 Å². The van der Waals surface area contributed by atoms with Crippen LogP contribution in [-0.2, 0) is 12.8 Å². The fourth-order valence-electron chi connectivity index (χ4n) is 3.56. The van der Waals surface area contributed by atoms with Gasteiger partial charge in [0.2, 0.25) is 0 Å². The van der Waals surface area contributed by atoms with Crippen LogP contribution in [0.5, 0.6) is 0 Å². The number of nitrogens with zero attached hydrogens (tertiary/aromatic N) is 4. The number of carbonyl (C=O) groups excluding carboxylic acids is 1. The van der Waals surface area contributed by atoms with Crippen molar-refractivity contribution in [3.63, 3.8) is 0 Å². The zero-order valence-corrected chi connectivity index (χ0v) is 17.7. The molecule has 0 fully saturated rings. The van der Waals surface area contributed by atoms with Gasteiger partial charge in [0.1, 0.15) is 29.0 Å². The first-order valence-electron chi connectivity index (χ1n) is 10.1. The third-order valence-electron chi connectivity index (χ3n) is 5.22. The van der Waals surface area contributed by atoms with E-state index in [0.717, 1.165) is 21.7 Å². The first-order valence-corrected chi connectivity index (χ1v) is 10.1.